The van der Waals surface area contributed by atoms with Crippen LogP contribution in [0.4, 0.5) is 0 Å². The maximum absolute atomic E-state index is 9.86. The molecule has 1 aliphatic heterocycles. The van der Waals surface area contributed by atoms with Crippen molar-refractivity contribution < 1.29 is 4.79 Å². The average molecular weight is 95.1 g/mol. The van der Waals surface area contributed by atoms with Gasteiger partial charge in [0.25, 0.3) is 0 Å². The average Bonchev–Trinajstić information content (AvgIpc) is 2.14. The van der Waals surface area contributed by atoms with Gasteiger partial charge in [-0.05, 0) is 0 Å². The van der Waals surface area contributed by atoms with Gasteiger partial charge in [-0.3, -0.25) is 9.79 Å². The summed E-state index contributed by atoms with van der Waals surface area (Å²) in [5.74, 6) is 0. The van der Waals surface area contributed by atoms with Crippen molar-refractivity contribution in [1.82, 2.24) is 0 Å². The van der Waals surface area contributed by atoms with Gasteiger partial charge in [-0.1, -0.05) is 0 Å². The maximum Gasteiger partial charge on any atom is 0.147 e. The molecule has 0 atom stereocenters. The lowest BCUT2D eigenvalue weighted by Gasteiger charge is -1.75. The summed E-state index contributed by atoms with van der Waals surface area (Å²) in [7, 11) is 0. The van der Waals surface area contributed by atoms with Crippen LogP contribution >= 0.6 is 0 Å². The molecule has 36 valence electrons. The number of carbonyl (C=O) groups is 1. The van der Waals surface area contributed by atoms with E-state index in [-0.39, 0.29) is 0 Å². The second-order valence-corrected chi connectivity index (χ2v) is 1.36. The second kappa shape index (κ2) is 1.69. The molecule has 2 heteroatoms. The zero-order chi connectivity index (χ0) is 5.11. The standard InChI is InChI=1S/C5H5NO/c7-4-5-1-2-6-3-5/h2-4H,1H2. The predicted octanol–water partition coefficient (Wildman–Crippen LogP) is 0.544. The van der Waals surface area contributed by atoms with Crippen molar-refractivity contribution in [2.75, 3.05) is 0 Å². The Bertz CT molecular complexity index is 135. The molecule has 0 saturated carbocycles. The molecule has 0 aromatic rings. The van der Waals surface area contributed by atoms with Crippen molar-refractivity contribution in [3.8, 4) is 0 Å². The molecule has 1 rings (SSSR count). The van der Waals surface area contributed by atoms with Gasteiger partial charge >= 0.3 is 0 Å². The minimum Gasteiger partial charge on any atom is -0.298 e. The van der Waals surface area contributed by atoms with Crippen LogP contribution in [-0.4, -0.2) is 12.5 Å². The fraction of sp³-hybridized carbons (Fsp3) is 0.200. The van der Waals surface area contributed by atoms with Gasteiger partial charge in [0.05, 0.1) is 0 Å². The highest BCUT2D eigenvalue weighted by Crippen LogP contribution is 2.00. The highest BCUT2D eigenvalue weighted by Gasteiger charge is 1.94. The first-order chi connectivity index (χ1) is 3.43. The van der Waals surface area contributed by atoms with Crippen LogP contribution < -0.4 is 0 Å². The summed E-state index contributed by atoms with van der Waals surface area (Å²) in [6.07, 6.45) is 4.83. The third kappa shape index (κ3) is 0.738. The summed E-state index contributed by atoms with van der Waals surface area (Å²) in [4.78, 5) is 13.6. The molecule has 1 aliphatic rings. The molecular formula is C5H5NO. The van der Waals surface area contributed by atoms with E-state index < -0.39 is 0 Å². The van der Waals surface area contributed by atoms with E-state index in [9.17, 15) is 4.79 Å². The van der Waals surface area contributed by atoms with Crippen molar-refractivity contribution in [1.29, 1.82) is 0 Å². The molecule has 2 nitrogen and oxygen atoms in total. The molecule has 0 aromatic carbocycles. The summed E-state index contributed by atoms with van der Waals surface area (Å²) in [5, 5.41) is 0. The summed E-state index contributed by atoms with van der Waals surface area (Å²) >= 11 is 0. The lowest BCUT2D eigenvalue weighted by Crippen LogP contribution is -1.76. The highest BCUT2D eigenvalue weighted by atomic mass is 16.1. The number of aldehydes is 1. The van der Waals surface area contributed by atoms with E-state index >= 15 is 0 Å². The topological polar surface area (TPSA) is 29.4 Å². The number of hydrogen-bond donors (Lipinski definition) is 0. The molecule has 0 aromatic heterocycles. The summed E-state index contributed by atoms with van der Waals surface area (Å²) in [5.41, 5.74) is 0.764. The van der Waals surface area contributed by atoms with E-state index in [1.54, 1.807) is 12.4 Å². The Morgan fingerprint density at radius 2 is 2.71 bits per heavy atom. The van der Waals surface area contributed by atoms with Crippen LogP contribution in [0.25, 0.3) is 0 Å². The first kappa shape index (κ1) is 4.24. The number of carbonyl (C=O) groups excluding carboxylic acids is 1. The molecule has 0 saturated heterocycles. The van der Waals surface area contributed by atoms with E-state index in [1.165, 1.54) is 0 Å². The Morgan fingerprint density at radius 1 is 1.86 bits per heavy atom. The normalized spacial score (nSPS) is 16.9. The monoisotopic (exact) mass is 95.0 g/mol. The fourth-order valence-corrected chi connectivity index (χ4v) is 0.438. The van der Waals surface area contributed by atoms with Crippen molar-refractivity contribution in [2.24, 2.45) is 4.99 Å². The maximum atomic E-state index is 9.86. The van der Waals surface area contributed by atoms with Crippen molar-refractivity contribution in [3.05, 3.63) is 11.8 Å². The van der Waals surface area contributed by atoms with Crippen LogP contribution in [0, 0.1) is 0 Å². The van der Waals surface area contributed by atoms with Crippen LogP contribution in [0.2, 0.25) is 0 Å². The first-order valence-electron chi connectivity index (χ1n) is 2.09. The van der Waals surface area contributed by atoms with E-state index in [0.717, 1.165) is 11.9 Å². The Labute approximate surface area is 41.6 Å². The Morgan fingerprint density at radius 3 is 3.00 bits per heavy atom. The quantitative estimate of drug-likeness (QED) is 0.437. The molecule has 1 heterocycles. The van der Waals surface area contributed by atoms with Crippen molar-refractivity contribution >= 4 is 12.5 Å². The van der Waals surface area contributed by atoms with E-state index in [0.29, 0.717) is 6.42 Å². The molecule has 7 heavy (non-hydrogen) atoms. The van der Waals surface area contributed by atoms with Crippen molar-refractivity contribution in [2.45, 2.75) is 6.42 Å². The number of aliphatic imine (C=N–C) groups is 1. The summed E-state index contributed by atoms with van der Waals surface area (Å²) < 4.78 is 0. The number of allylic oxidation sites excluding steroid dienone is 1. The number of hydrogen-bond acceptors (Lipinski definition) is 2. The third-order valence-electron chi connectivity index (χ3n) is 0.824. The minimum atomic E-state index is 0.712. The Hall–Kier alpha value is -0.920. The van der Waals surface area contributed by atoms with Crippen LogP contribution in [0.3, 0.4) is 0 Å². The minimum absolute atomic E-state index is 0.712. The SMILES string of the molecule is O=CC1=CN=CC1. The predicted molar refractivity (Wildman–Crippen MR) is 27.3 cm³/mol. The van der Waals surface area contributed by atoms with Gasteiger partial charge in [0.15, 0.2) is 0 Å². The molecule has 0 N–H and O–H groups in total. The van der Waals surface area contributed by atoms with Gasteiger partial charge in [0.2, 0.25) is 0 Å². The molecule has 0 spiro atoms. The van der Waals surface area contributed by atoms with Crippen molar-refractivity contribution in [3.63, 3.8) is 0 Å². The van der Waals surface area contributed by atoms with Crippen LogP contribution in [0.15, 0.2) is 16.8 Å². The van der Waals surface area contributed by atoms with Crippen LogP contribution in [-0.2, 0) is 4.79 Å². The van der Waals surface area contributed by atoms with Crippen LogP contribution in [0.5, 0.6) is 0 Å². The summed E-state index contributed by atoms with van der Waals surface area (Å²) in [6, 6.07) is 0. The number of nitrogens with zero attached hydrogens (tertiary/aromatic N) is 1. The summed E-state index contributed by atoms with van der Waals surface area (Å²) in [6.45, 7) is 0. The molecular weight excluding hydrogens is 90.1 g/mol. The van der Waals surface area contributed by atoms with E-state index in [4.69, 9.17) is 0 Å². The molecule has 0 aliphatic carbocycles. The second-order valence-electron chi connectivity index (χ2n) is 1.36. The van der Waals surface area contributed by atoms with Gasteiger partial charge < -0.3 is 0 Å². The molecule has 0 fully saturated rings. The zero-order valence-electron chi connectivity index (χ0n) is 3.79. The highest BCUT2D eigenvalue weighted by molar-refractivity contribution is 5.83. The zero-order valence-corrected chi connectivity index (χ0v) is 3.79. The van der Waals surface area contributed by atoms with E-state index in [1.807, 2.05) is 0 Å². The van der Waals surface area contributed by atoms with Gasteiger partial charge in [0, 0.05) is 24.4 Å². The molecule has 0 amide bonds. The van der Waals surface area contributed by atoms with Gasteiger partial charge in [-0.15, -0.1) is 0 Å². The lowest BCUT2D eigenvalue weighted by atomic mass is 10.3. The third-order valence-corrected chi connectivity index (χ3v) is 0.824. The first-order valence-corrected chi connectivity index (χ1v) is 2.09. The van der Waals surface area contributed by atoms with Gasteiger partial charge in [0.1, 0.15) is 6.29 Å². The van der Waals surface area contributed by atoms with Crippen LogP contribution in [0.1, 0.15) is 6.42 Å². The molecule has 0 radical (unpaired) electrons. The molecule has 0 unspecified atom stereocenters. The smallest absolute Gasteiger partial charge is 0.147 e. The molecule has 0 bridgehead atoms. The Balaban J connectivity index is 2.61. The lowest BCUT2D eigenvalue weighted by molar-refractivity contribution is -0.104. The fourth-order valence-electron chi connectivity index (χ4n) is 0.438. The van der Waals surface area contributed by atoms with E-state index in [2.05, 4.69) is 4.99 Å². The largest absolute Gasteiger partial charge is 0.298 e. The van der Waals surface area contributed by atoms with Gasteiger partial charge in [-0.25, -0.2) is 0 Å². The number of rotatable bonds is 1. The van der Waals surface area contributed by atoms with Gasteiger partial charge in [-0.2, -0.15) is 0 Å². The Kier molecular flexibility index (Phi) is 1.02.